The Morgan fingerprint density at radius 3 is 2.86 bits per heavy atom. The Hall–Kier alpha value is -0.810. The van der Waals surface area contributed by atoms with Crippen molar-refractivity contribution in [1.82, 2.24) is 15.5 Å². The van der Waals surface area contributed by atoms with Crippen LogP contribution in [0, 0.1) is 0 Å². The first kappa shape index (κ1) is 11.3. The molecule has 0 aliphatic carbocycles. The SMILES string of the molecule is CCOC(=O)NCCN1CCNCC1. The Morgan fingerprint density at radius 1 is 1.50 bits per heavy atom. The Labute approximate surface area is 84.8 Å². The lowest BCUT2D eigenvalue weighted by atomic mass is 10.3. The fraction of sp³-hybridized carbons (Fsp3) is 0.889. The van der Waals surface area contributed by atoms with Gasteiger partial charge in [-0.1, -0.05) is 0 Å². The monoisotopic (exact) mass is 201 g/mol. The highest BCUT2D eigenvalue weighted by Gasteiger charge is 2.09. The van der Waals surface area contributed by atoms with Crippen LogP contribution in [0.25, 0.3) is 0 Å². The fourth-order valence-corrected chi connectivity index (χ4v) is 1.43. The quantitative estimate of drug-likeness (QED) is 0.652. The summed E-state index contributed by atoms with van der Waals surface area (Å²) in [6.45, 7) is 8.00. The van der Waals surface area contributed by atoms with E-state index >= 15 is 0 Å². The number of amides is 1. The summed E-state index contributed by atoms with van der Waals surface area (Å²) in [6.07, 6.45) is -0.317. The molecule has 5 nitrogen and oxygen atoms in total. The number of piperazine rings is 1. The maximum absolute atomic E-state index is 10.9. The number of nitrogens with zero attached hydrogens (tertiary/aromatic N) is 1. The highest BCUT2D eigenvalue weighted by Crippen LogP contribution is 1.89. The zero-order valence-corrected chi connectivity index (χ0v) is 8.71. The van der Waals surface area contributed by atoms with Crippen LogP contribution in [0.4, 0.5) is 4.79 Å². The van der Waals surface area contributed by atoms with E-state index in [0.717, 1.165) is 32.7 Å². The molecule has 5 heteroatoms. The van der Waals surface area contributed by atoms with Gasteiger partial charge in [0.15, 0.2) is 0 Å². The third-order valence-electron chi connectivity index (χ3n) is 2.18. The van der Waals surface area contributed by atoms with E-state index in [-0.39, 0.29) is 6.09 Å². The summed E-state index contributed by atoms with van der Waals surface area (Å²) in [5, 5.41) is 5.99. The summed E-state index contributed by atoms with van der Waals surface area (Å²) in [6, 6.07) is 0. The van der Waals surface area contributed by atoms with Crippen LogP contribution in [0.2, 0.25) is 0 Å². The third kappa shape index (κ3) is 4.43. The van der Waals surface area contributed by atoms with Gasteiger partial charge in [0.25, 0.3) is 0 Å². The molecule has 1 aliphatic rings. The molecule has 14 heavy (non-hydrogen) atoms. The van der Waals surface area contributed by atoms with Gasteiger partial charge in [-0.2, -0.15) is 0 Å². The first-order valence-electron chi connectivity index (χ1n) is 5.16. The van der Waals surface area contributed by atoms with E-state index < -0.39 is 0 Å². The van der Waals surface area contributed by atoms with Gasteiger partial charge in [0.2, 0.25) is 0 Å². The van der Waals surface area contributed by atoms with Crippen molar-refractivity contribution < 1.29 is 9.53 Å². The van der Waals surface area contributed by atoms with Crippen LogP contribution in [0.3, 0.4) is 0 Å². The van der Waals surface area contributed by atoms with E-state index in [1.807, 2.05) is 0 Å². The zero-order chi connectivity index (χ0) is 10.2. The topological polar surface area (TPSA) is 53.6 Å². The molecule has 1 saturated heterocycles. The second-order valence-corrected chi connectivity index (χ2v) is 3.24. The average molecular weight is 201 g/mol. The molecule has 1 fully saturated rings. The molecule has 0 saturated carbocycles. The van der Waals surface area contributed by atoms with E-state index in [9.17, 15) is 4.79 Å². The van der Waals surface area contributed by atoms with Crippen molar-refractivity contribution in [2.45, 2.75) is 6.92 Å². The first-order chi connectivity index (χ1) is 6.83. The Bertz CT molecular complexity index is 169. The predicted molar refractivity (Wildman–Crippen MR) is 54.3 cm³/mol. The van der Waals surface area contributed by atoms with Crippen LogP contribution in [-0.4, -0.2) is 56.9 Å². The van der Waals surface area contributed by atoms with Crippen molar-refractivity contribution in [2.24, 2.45) is 0 Å². The minimum Gasteiger partial charge on any atom is -0.450 e. The van der Waals surface area contributed by atoms with Crippen molar-refractivity contribution >= 4 is 6.09 Å². The molecule has 1 rings (SSSR count). The Balaban J connectivity index is 1.99. The molecular formula is C9H19N3O2. The highest BCUT2D eigenvalue weighted by molar-refractivity contribution is 5.66. The lowest BCUT2D eigenvalue weighted by Gasteiger charge is -2.26. The second-order valence-electron chi connectivity index (χ2n) is 3.24. The standard InChI is InChI=1S/C9H19N3O2/c1-2-14-9(13)11-5-8-12-6-3-10-4-7-12/h10H,2-8H2,1H3,(H,11,13). The number of carbonyl (C=O) groups is 1. The van der Waals surface area contributed by atoms with Gasteiger partial charge in [-0.05, 0) is 6.92 Å². The molecule has 0 radical (unpaired) electrons. The maximum Gasteiger partial charge on any atom is 0.407 e. The van der Waals surface area contributed by atoms with Crippen molar-refractivity contribution in [3.63, 3.8) is 0 Å². The largest absolute Gasteiger partial charge is 0.450 e. The number of nitrogens with one attached hydrogen (secondary N) is 2. The normalized spacial score (nSPS) is 17.8. The van der Waals surface area contributed by atoms with E-state index in [1.54, 1.807) is 6.92 Å². The van der Waals surface area contributed by atoms with Gasteiger partial charge in [0, 0.05) is 39.3 Å². The van der Waals surface area contributed by atoms with E-state index in [1.165, 1.54) is 0 Å². The molecule has 1 heterocycles. The maximum atomic E-state index is 10.9. The summed E-state index contributed by atoms with van der Waals surface area (Å²) < 4.78 is 4.75. The number of carbonyl (C=O) groups excluding carboxylic acids is 1. The molecule has 0 aromatic carbocycles. The number of hydrogen-bond acceptors (Lipinski definition) is 4. The fourth-order valence-electron chi connectivity index (χ4n) is 1.43. The molecule has 0 unspecified atom stereocenters. The lowest BCUT2D eigenvalue weighted by Crippen LogP contribution is -2.46. The highest BCUT2D eigenvalue weighted by atomic mass is 16.5. The molecule has 0 aromatic rings. The number of ether oxygens (including phenoxy) is 1. The summed E-state index contributed by atoms with van der Waals surface area (Å²) in [5.41, 5.74) is 0. The minimum atomic E-state index is -0.317. The van der Waals surface area contributed by atoms with Gasteiger partial charge in [-0.3, -0.25) is 4.90 Å². The van der Waals surface area contributed by atoms with Gasteiger partial charge in [-0.25, -0.2) is 4.79 Å². The van der Waals surface area contributed by atoms with Crippen molar-refractivity contribution in [3.8, 4) is 0 Å². The van der Waals surface area contributed by atoms with Crippen LogP contribution in [0.15, 0.2) is 0 Å². The summed E-state index contributed by atoms with van der Waals surface area (Å²) in [4.78, 5) is 13.2. The molecule has 0 spiro atoms. The van der Waals surface area contributed by atoms with E-state index in [2.05, 4.69) is 15.5 Å². The molecule has 82 valence electrons. The van der Waals surface area contributed by atoms with E-state index in [0.29, 0.717) is 13.2 Å². The van der Waals surface area contributed by atoms with Crippen molar-refractivity contribution in [2.75, 3.05) is 45.9 Å². The molecule has 2 N–H and O–H groups in total. The number of rotatable bonds is 4. The van der Waals surface area contributed by atoms with E-state index in [4.69, 9.17) is 4.74 Å². The van der Waals surface area contributed by atoms with Crippen molar-refractivity contribution in [3.05, 3.63) is 0 Å². The summed E-state index contributed by atoms with van der Waals surface area (Å²) in [7, 11) is 0. The van der Waals surface area contributed by atoms with Crippen LogP contribution >= 0.6 is 0 Å². The molecule has 1 aliphatic heterocycles. The molecule has 0 bridgehead atoms. The summed E-state index contributed by atoms with van der Waals surface area (Å²) >= 11 is 0. The van der Waals surface area contributed by atoms with Gasteiger partial charge >= 0.3 is 6.09 Å². The zero-order valence-electron chi connectivity index (χ0n) is 8.71. The second kappa shape index (κ2) is 6.62. The van der Waals surface area contributed by atoms with Gasteiger partial charge < -0.3 is 15.4 Å². The van der Waals surface area contributed by atoms with Crippen LogP contribution in [-0.2, 0) is 4.74 Å². The molecular weight excluding hydrogens is 182 g/mol. The van der Waals surface area contributed by atoms with Gasteiger partial charge in [0.05, 0.1) is 6.61 Å². The summed E-state index contributed by atoms with van der Waals surface area (Å²) in [5.74, 6) is 0. The first-order valence-corrected chi connectivity index (χ1v) is 5.16. The molecule has 0 aromatic heterocycles. The minimum absolute atomic E-state index is 0.317. The van der Waals surface area contributed by atoms with Crippen LogP contribution < -0.4 is 10.6 Å². The Morgan fingerprint density at radius 2 is 2.21 bits per heavy atom. The van der Waals surface area contributed by atoms with Crippen LogP contribution in [0.1, 0.15) is 6.92 Å². The van der Waals surface area contributed by atoms with Crippen LogP contribution in [0.5, 0.6) is 0 Å². The predicted octanol–water partition coefficient (Wildman–Crippen LogP) is -0.362. The van der Waals surface area contributed by atoms with Crippen molar-refractivity contribution in [1.29, 1.82) is 0 Å². The van der Waals surface area contributed by atoms with Gasteiger partial charge in [-0.15, -0.1) is 0 Å². The number of hydrogen-bond donors (Lipinski definition) is 2. The average Bonchev–Trinajstić information content (AvgIpc) is 2.20. The molecule has 1 amide bonds. The molecule has 0 atom stereocenters. The Kier molecular flexibility index (Phi) is 5.32. The lowest BCUT2D eigenvalue weighted by molar-refractivity contribution is 0.149. The number of alkyl carbamates (subject to hydrolysis) is 1. The van der Waals surface area contributed by atoms with Gasteiger partial charge in [0.1, 0.15) is 0 Å². The smallest absolute Gasteiger partial charge is 0.407 e. The third-order valence-corrected chi connectivity index (χ3v) is 2.18.